The van der Waals surface area contributed by atoms with Crippen LogP contribution in [0.15, 0.2) is 18.2 Å². The summed E-state index contributed by atoms with van der Waals surface area (Å²) in [5, 5.41) is 12.6. The van der Waals surface area contributed by atoms with E-state index < -0.39 is 0 Å². The Morgan fingerprint density at radius 2 is 2.38 bits per heavy atom. The van der Waals surface area contributed by atoms with Crippen LogP contribution in [0.5, 0.6) is 0 Å². The maximum atomic E-state index is 8.26. The van der Waals surface area contributed by atoms with Crippen molar-refractivity contribution in [1.29, 1.82) is 5.26 Å². The molecule has 0 fully saturated rings. The molecule has 0 bridgehead atoms. The van der Waals surface area contributed by atoms with Crippen molar-refractivity contribution < 1.29 is 0 Å². The minimum Gasteiger partial charge on any atom is -0.269 e. The first kappa shape index (κ1) is 9.53. The fourth-order valence-electron chi connectivity index (χ4n) is 1.23. The van der Waals surface area contributed by atoms with E-state index in [-0.39, 0.29) is 0 Å². The molecule has 0 saturated heterocycles. The van der Waals surface area contributed by atoms with Gasteiger partial charge in [0.05, 0.1) is 11.8 Å². The lowest BCUT2D eigenvalue weighted by Crippen LogP contribution is -2.01. The SMILES string of the molecule is Cc1cc(C)n(CC/C=C/C#N)n1. The number of hydrogen-bond acceptors (Lipinski definition) is 2. The molecule has 0 spiro atoms. The summed E-state index contributed by atoms with van der Waals surface area (Å²) in [5.41, 5.74) is 2.21. The Balaban J connectivity index is 2.50. The van der Waals surface area contributed by atoms with Crippen LogP contribution in [0.2, 0.25) is 0 Å². The van der Waals surface area contributed by atoms with Crippen LogP contribution in [0, 0.1) is 25.2 Å². The lowest BCUT2D eigenvalue weighted by atomic mass is 10.3. The van der Waals surface area contributed by atoms with Gasteiger partial charge < -0.3 is 0 Å². The molecule has 1 aromatic heterocycles. The van der Waals surface area contributed by atoms with Crippen molar-refractivity contribution in [2.24, 2.45) is 0 Å². The van der Waals surface area contributed by atoms with Crippen LogP contribution in [-0.4, -0.2) is 9.78 Å². The lowest BCUT2D eigenvalue weighted by Gasteiger charge is -1.99. The van der Waals surface area contributed by atoms with Crippen molar-refractivity contribution in [1.82, 2.24) is 9.78 Å². The Labute approximate surface area is 78.3 Å². The fraction of sp³-hybridized carbons (Fsp3) is 0.400. The summed E-state index contributed by atoms with van der Waals surface area (Å²) in [5.74, 6) is 0. The Kier molecular flexibility index (Phi) is 3.27. The Bertz CT molecular complexity index is 342. The first-order valence-corrected chi connectivity index (χ1v) is 4.29. The second-order valence-electron chi connectivity index (χ2n) is 2.97. The van der Waals surface area contributed by atoms with Gasteiger partial charge in [-0.15, -0.1) is 0 Å². The Morgan fingerprint density at radius 1 is 1.62 bits per heavy atom. The maximum Gasteiger partial charge on any atom is 0.0908 e. The van der Waals surface area contributed by atoms with E-state index in [9.17, 15) is 0 Å². The monoisotopic (exact) mass is 175 g/mol. The molecule has 0 aromatic carbocycles. The molecule has 1 aromatic rings. The molecule has 1 rings (SSSR count). The van der Waals surface area contributed by atoms with E-state index in [2.05, 4.69) is 5.10 Å². The highest BCUT2D eigenvalue weighted by Gasteiger charge is 1.97. The number of allylic oxidation sites excluding steroid dienone is 2. The van der Waals surface area contributed by atoms with Gasteiger partial charge in [-0.2, -0.15) is 10.4 Å². The fourth-order valence-corrected chi connectivity index (χ4v) is 1.23. The molecule has 3 heteroatoms. The third kappa shape index (κ3) is 2.75. The molecule has 68 valence electrons. The summed E-state index contributed by atoms with van der Waals surface area (Å²) >= 11 is 0. The number of nitriles is 1. The molecular formula is C10H13N3. The summed E-state index contributed by atoms with van der Waals surface area (Å²) in [6.07, 6.45) is 4.22. The van der Waals surface area contributed by atoms with Crippen LogP contribution in [0.25, 0.3) is 0 Å². The van der Waals surface area contributed by atoms with E-state index in [1.54, 1.807) is 0 Å². The number of rotatable bonds is 3. The van der Waals surface area contributed by atoms with Gasteiger partial charge >= 0.3 is 0 Å². The van der Waals surface area contributed by atoms with E-state index in [0.29, 0.717) is 0 Å². The van der Waals surface area contributed by atoms with E-state index >= 15 is 0 Å². The van der Waals surface area contributed by atoms with Crippen molar-refractivity contribution in [3.05, 3.63) is 29.6 Å². The first-order chi connectivity index (χ1) is 6.24. The number of nitrogens with zero attached hydrogens (tertiary/aromatic N) is 3. The van der Waals surface area contributed by atoms with E-state index in [4.69, 9.17) is 5.26 Å². The summed E-state index contributed by atoms with van der Waals surface area (Å²) < 4.78 is 1.96. The van der Waals surface area contributed by atoms with Crippen molar-refractivity contribution >= 4 is 0 Å². The largest absolute Gasteiger partial charge is 0.269 e. The molecule has 1 heterocycles. The quantitative estimate of drug-likeness (QED) is 0.659. The van der Waals surface area contributed by atoms with Crippen LogP contribution in [0.4, 0.5) is 0 Å². The van der Waals surface area contributed by atoms with Gasteiger partial charge in [0.25, 0.3) is 0 Å². The zero-order chi connectivity index (χ0) is 9.68. The molecule has 0 atom stereocenters. The van der Waals surface area contributed by atoms with Gasteiger partial charge in [-0.3, -0.25) is 4.68 Å². The van der Waals surface area contributed by atoms with Crippen molar-refractivity contribution in [2.45, 2.75) is 26.8 Å². The highest BCUT2D eigenvalue weighted by molar-refractivity contribution is 5.07. The van der Waals surface area contributed by atoms with Gasteiger partial charge in [-0.25, -0.2) is 0 Å². The van der Waals surface area contributed by atoms with Gasteiger partial charge in [-0.1, -0.05) is 6.08 Å². The molecule has 0 unspecified atom stereocenters. The molecule has 0 saturated carbocycles. The van der Waals surface area contributed by atoms with Crippen LogP contribution in [0.3, 0.4) is 0 Å². The minimum atomic E-state index is 0.845. The van der Waals surface area contributed by atoms with Crippen LogP contribution < -0.4 is 0 Å². The van der Waals surface area contributed by atoms with Crippen molar-refractivity contribution in [2.75, 3.05) is 0 Å². The van der Waals surface area contributed by atoms with Crippen LogP contribution in [-0.2, 0) is 6.54 Å². The van der Waals surface area contributed by atoms with Gasteiger partial charge in [0.2, 0.25) is 0 Å². The molecule has 13 heavy (non-hydrogen) atoms. The Morgan fingerprint density at radius 3 is 2.92 bits per heavy atom. The van der Waals surface area contributed by atoms with E-state index in [0.717, 1.165) is 18.7 Å². The average molecular weight is 175 g/mol. The molecule has 0 aliphatic heterocycles. The van der Waals surface area contributed by atoms with Crippen molar-refractivity contribution in [3.8, 4) is 6.07 Å². The van der Waals surface area contributed by atoms with Crippen LogP contribution in [0.1, 0.15) is 17.8 Å². The summed E-state index contributed by atoms with van der Waals surface area (Å²) in [6.45, 7) is 4.86. The highest BCUT2D eigenvalue weighted by Crippen LogP contribution is 2.02. The zero-order valence-corrected chi connectivity index (χ0v) is 7.99. The number of aryl methyl sites for hydroxylation is 3. The summed E-state index contributed by atoms with van der Waals surface area (Å²) in [6, 6.07) is 4.01. The van der Waals surface area contributed by atoms with Crippen molar-refractivity contribution in [3.63, 3.8) is 0 Å². The standard InChI is InChI=1S/C10H13N3/c1-9-8-10(2)13(12-9)7-5-3-4-6-11/h3-4,8H,5,7H2,1-2H3/b4-3+. The molecule has 0 aliphatic rings. The second kappa shape index (κ2) is 4.46. The van der Waals surface area contributed by atoms with E-state index in [1.165, 1.54) is 11.8 Å². The summed E-state index contributed by atoms with van der Waals surface area (Å²) in [7, 11) is 0. The smallest absolute Gasteiger partial charge is 0.0908 e. The highest BCUT2D eigenvalue weighted by atomic mass is 15.3. The normalized spacial score (nSPS) is 10.5. The van der Waals surface area contributed by atoms with Gasteiger partial charge in [0.1, 0.15) is 0 Å². The second-order valence-corrected chi connectivity index (χ2v) is 2.97. The minimum absolute atomic E-state index is 0.845. The average Bonchev–Trinajstić information content (AvgIpc) is 2.39. The van der Waals surface area contributed by atoms with Gasteiger partial charge in [0.15, 0.2) is 0 Å². The van der Waals surface area contributed by atoms with Crippen LogP contribution >= 0.6 is 0 Å². The predicted octanol–water partition coefficient (Wildman–Crippen LogP) is 1.97. The third-order valence-corrected chi connectivity index (χ3v) is 1.80. The van der Waals surface area contributed by atoms with E-state index in [1.807, 2.05) is 36.7 Å². The molecule has 0 amide bonds. The molecule has 0 N–H and O–H groups in total. The zero-order valence-electron chi connectivity index (χ0n) is 7.99. The third-order valence-electron chi connectivity index (χ3n) is 1.80. The first-order valence-electron chi connectivity index (χ1n) is 4.29. The predicted molar refractivity (Wildman–Crippen MR) is 51.1 cm³/mol. The van der Waals surface area contributed by atoms with Gasteiger partial charge in [0, 0.05) is 18.3 Å². The molecular weight excluding hydrogens is 162 g/mol. The topological polar surface area (TPSA) is 41.6 Å². The lowest BCUT2D eigenvalue weighted by molar-refractivity contribution is 0.602. The molecule has 0 aliphatic carbocycles. The van der Waals surface area contributed by atoms with Gasteiger partial charge in [-0.05, 0) is 26.3 Å². The molecule has 3 nitrogen and oxygen atoms in total. The summed E-state index contributed by atoms with van der Waals surface area (Å²) in [4.78, 5) is 0. The Hall–Kier alpha value is -1.56. The maximum absolute atomic E-state index is 8.26. The molecule has 0 radical (unpaired) electrons. The number of aromatic nitrogens is 2. The number of hydrogen-bond donors (Lipinski definition) is 0.